The van der Waals surface area contributed by atoms with Crippen LogP contribution in [-0.2, 0) is 4.79 Å². The first-order valence-corrected chi connectivity index (χ1v) is 8.97. The molecule has 2 heterocycles. The van der Waals surface area contributed by atoms with Gasteiger partial charge in [0.15, 0.2) is 0 Å². The Morgan fingerprint density at radius 3 is 2.28 bits per heavy atom. The van der Waals surface area contributed by atoms with E-state index in [1.165, 1.54) is 0 Å². The molecule has 2 fully saturated rings. The molecule has 8 heteroatoms. The number of hydrogen-bond acceptors (Lipinski definition) is 3. The van der Waals surface area contributed by atoms with Crippen molar-refractivity contribution < 1.29 is 9.59 Å². The van der Waals surface area contributed by atoms with Crippen LogP contribution in [0.4, 0.5) is 0 Å². The molecule has 1 atom stereocenters. The largest absolute Gasteiger partial charge is 0.339 e. The average Bonchev–Trinajstić information content (AvgIpc) is 2.54. The number of hydrogen-bond donors (Lipinski definition) is 1. The Hall–Kier alpha value is -1.01. The summed E-state index contributed by atoms with van der Waals surface area (Å²) in [5.41, 5.74) is 0.415. The van der Waals surface area contributed by atoms with Crippen molar-refractivity contribution in [1.82, 2.24) is 15.1 Å². The molecule has 2 aliphatic rings. The summed E-state index contributed by atoms with van der Waals surface area (Å²) in [5.74, 6) is 0.526. The fraction of sp³-hybridized carbons (Fsp3) is 0.529. The van der Waals surface area contributed by atoms with Gasteiger partial charge in [-0.15, -0.1) is 12.4 Å². The van der Waals surface area contributed by atoms with Gasteiger partial charge >= 0.3 is 0 Å². The molecule has 2 amide bonds. The second-order valence-corrected chi connectivity index (χ2v) is 7.21. The zero-order chi connectivity index (χ0) is 17.3. The van der Waals surface area contributed by atoms with E-state index in [2.05, 4.69) is 5.32 Å². The summed E-state index contributed by atoms with van der Waals surface area (Å²) in [6, 6.07) is 5.06. The van der Waals surface area contributed by atoms with Crippen LogP contribution < -0.4 is 5.32 Å². The van der Waals surface area contributed by atoms with Crippen molar-refractivity contribution in [2.75, 3.05) is 39.3 Å². The number of benzene rings is 1. The summed E-state index contributed by atoms with van der Waals surface area (Å²) < 4.78 is 0. The van der Waals surface area contributed by atoms with Crippen LogP contribution in [0.1, 0.15) is 17.3 Å². The average molecular weight is 407 g/mol. The van der Waals surface area contributed by atoms with Gasteiger partial charge in [-0.05, 0) is 31.1 Å². The summed E-state index contributed by atoms with van der Waals surface area (Å²) in [7, 11) is 0. The Labute approximate surface area is 164 Å². The highest BCUT2D eigenvalue weighted by Gasteiger charge is 2.33. The SMILES string of the molecule is CC(C(=O)N1CCN(C(=O)c2cccc(Cl)c2Cl)CC1)C1CNC1.Cl. The van der Waals surface area contributed by atoms with Gasteiger partial charge in [0.2, 0.25) is 5.91 Å². The summed E-state index contributed by atoms with van der Waals surface area (Å²) in [6.07, 6.45) is 0. The van der Waals surface area contributed by atoms with Crippen molar-refractivity contribution >= 4 is 47.4 Å². The van der Waals surface area contributed by atoms with E-state index in [9.17, 15) is 9.59 Å². The van der Waals surface area contributed by atoms with Crippen LogP contribution in [-0.4, -0.2) is 60.9 Å². The lowest BCUT2D eigenvalue weighted by atomic mass is 9.88. The van der Waals surface area contributed by atoms with Crippen LogP contribution in [0.2, 0.25) is 10.0 Å². The monoisotopic (exact) mass is 405 g/mol. The highest BCUT2D eigenvalue weighted by molar-refractivity contribution is 6.43. The van der Waals surface area contributed by atoms with Gasteiger partial charge in [0.1, 0.15) is 0 Å². The van der Waals surface area contributed by atoms with Crippen LogP contribution in [0.25, 0.3) is 0 Å². The quantitative estimate of drug-likeness (QED) is 0.839. The van der Waals surface area contributed by atoms with Gasteiger partial charge in [-0.25, -0.2) is 0 Å². The second kappa shape index (κ2) is 8.58. The lowest BCUT2D eigenvalue weighted by Crippen LogP contribution is -2.55. The Morgan fingerprint density at radius 2 is 1.72 bits per heavy atom. The van der Waals surface area contributed by atoms with E-state index < -0.39 is 0 Å². The lowest BCUT2D eigenvalue weighted by molar-refractivity contribution is -0.138. The molecule has 0 aliphatic carbocycles. The number of nitrogens with zero attached hydrogens (tertiary/aromatic N) is 2. The highest BCUT2D eigenvalue weighted by Crippen LogP contribution is 2.27. The summed E-state index contributed by atoms with van der Waals surface area (Å²) >= 11 is 12.1. The van der Waals surface area contributed by atoms with E-state index in [1.807, 2.05) is 11.8 Å². The molecule has 0 aromatic heterocycles. The number of halogens is 3. The Kier molecular flexibility index (Phi) is 6.97. The smallest absolute Gasteiger partial charge is 0.255 e. The maximum absolute atomic E-state index is 12.6. The lowest BCUT2D eigenvalue weighted by Gasteiger charge is -2.39. The molecule has 2 saturated heterocycles. The van der Waals surface area contributed by atoms with E-state index in [-0.39, 0.29) is 35.2 Å². The Balaban J connectivity index is 0.00000225. The molecule has 1 aromatic rings. The van der Waals surface area contributed by atoms with Gasteiger partial charge in [0, 0.05) is 32.1 Å². The molecule has 5 nitrogen and oxygen atoms in total. The maximum Gasteiger partial charge on any atom is 0.255 e. The molecule has 0 spiro atoms. The van der Waals surface area contributed by atoms with Gasteiger partial charge in [-0.2, -0.15) is 0 Å². The zero-order valence-electron chi connectivity index (χ0n) is 14.0. The molecule has 0 radical (unpaired) electrons. The van der Waals surface area contributed by atoms with Gasteiger partial charge in [0.25, 0.3) is 5.91 Å². The molecule has 138 valence electrons. The summed E-state index contributed by atoms with van der Waals surface area (Å²) in [4.78, 5) is 28.8. The van der Waals surface area contributed by atoms with E-state index in [0.717, 1.165) is 13.1 Å². The minimum atomic E-state index is -0.133. The molecule has 1 N–H and O–H groups in total. The normalized spacial score (nSPS) is 19.0. The van der Waals surface area contributed by atoms with Gasteiger partial charge < -0.3 is 15.1 Å². The first-order chi connectivity index (χ1) is 11.5. The van der Waals surface area contributed by atoms with E-state index in [0.29, 0.717) is 42.7 Å². The van der Waals surface area contributed by atoms with Crippen LogP contribution >= 0.6 is 35.6 Å². The molecule has 1 unspecified atom stereocenters. The van der Waals surface area contributed by atoms with Crippen molar-refractivity contribution in [2.24, 2.45) is 11.8 Å². The predicted octanol–water partition coefficient (Wildman–Crippen LogP) is 2.56. The zero-order valence-corrected chi connectivity index (χ0v) is 16.3. The number of amides is 2. The molecule has 2 aliphatic heterocycles. The minimum Gasteiger partial charge on any atom is -0.339 e. The molecule has 1 aromatic carbocycles. The van der Waals surface area contributed by atoms with Gasteiger partial charge in [-0.1, -0.05) is 36.2 Å². The number of nitrogens with one attached hydrogen (secondary N) is 1. The molecule has 0 saturated carbocycles. The number of carbonyl (C=O) groups excluding carboxylic acids is 2. The van der Waals surface area contributed by atoms with Crippen molar-refractivity contribution in [2.45, 2.75) is 6.92 Å². The topological polar surface area (TPSA) is 52.7 Å². The van der Waals surface area contributed by atoms with Gasteiger partial charge in [-0.3, -0.25) is 9.59 Å². The molecular weight excluding hydrogens is 385 g/mol. The molecule has 25 heavy (non-hydrogen) atoms. The predicted molar refractivity (Wildman–Crippen MR) is 102 cm³/mol. The first kappa shape index (κ1) is 20.3. The van der Waals surface area contributed by atoms with E-state index in [4.69, 9.17) is 23.2 Å². The van der Waals surface area contributed by atoms with Gasteiger partial charge in [0.05, 0.1) is 15.6 Å². The van der Waals surface area contributed by atoms with Crippen molar-refractivity contribution in [1.29, 1.82) is 0 Å². The van der Waals surface area contributed by atoms with Crippen molar-refractivity contribution in [3.05, 3.63) is 33.8 Å². The maximum atomic E-state index is 12.6. The number of piperazine rings is 1. The summed E-state index contributed by atoms with van der Waals surface area (Å²) in [5, 5.41) is 3.86. The fourth-order valence-corrected chi connectivity index (χ4v) is 3.50. The number of rotatable bonds is 3. The minimum absolute atomic E-state index is 0. The van der Waals surface area contributed by atoms with Crippen LogP contribution in [0.3, 0.4) is 0 Å². The highest BCUT2D eigenvalue weighted by atomic mass is 35.5. The Morgan fingerprint density at radius 1 is 1.12 bits per heavy atom. The third-order valence-electron chi connectivity index (χ3n) is 4.97. The first-order valence-electron chi connectivity index (χ1n) is 8.22. The molecule has 0 bridgehead atoms. The van der Waals surface area contributed by atoms with E-state index in [1.54, 1.807) is 23.1 Å². The standard InChI is InChI=1S/C17H21Cl2N3O2.ClH/c1-11(12-9-20-10-12)16(23)21-5-7-22(8-6-21)17(24)13-3-2-4-14(18)15(13)19;/h2-4,11-12,20H,5-10H2,1H3;1H. The van der Waals surface area contributed by atoms with E-state index >= 15 is 0 Å². The Bertz CT molecular complexity index is 644. The molecule has 3 rings (SSSR count). The van der Waals surface area contributed by atoms with Crippen LogP contribution in [0.15, 0.2) is 18.2 Å². The summed E-state index contributed by atoms with van der Waals surface area (Å²) in [6.45, 7) is 5.99. The fourth-order valence-electron chi connectivity index (χ4n) is 3.12. The third kappa shape index (κ3) is 4.22. The second-order valence-electron chi connectivity index (χ2n) is 6.43. The van der Waals surface area contributed by atoms with Crippen molar-refractivity contribution in [3.63, 3.8) is 0 Å². The number of carbonyl (C=O) groups is 2. The van der Waals surface area contributed by atoms with Crippen LogP contribution in [0.5, 0.6) is 0 Å². The van der Waals surface area contributed by atoms with Crippen molar-refractivity contribution in [3.8, 4) is 0 Å². The third-order valence-corrected chi connectivity index (χ3v) is 5.79. The van der Waals surface area contributed by atoms with Crippen LogP contribution in [0, 0.1) is 11.8 Å². The molecular formula is C17H22Cl3N3O2.